The molecule has 0 atom stereocenters. The number of benzene rings is 1. The number of amides is 1. The standard InChI is InChI=1S/C23H24Cl2F3N7O2/c24-14-7-15(25)9-18(8-14)33-22-29-11-19(13-10-30-35(12-13)5-6-36)20(34-22)31-16-1-3-17(4-2-16)32-21(37)23(26,27)28/h7-12,16-17,36H,1-6H2,(H,32,37)(H2,29,31,33,34)/t16-,17-. The van der Waals surface area contributed by atoms with Gasteiger partial charge in [0.05, 0.1) is 19.3 Å². The summed E-state index contributed by atoms with van der Waals surface area (Å²) in [5, 5.41) is 22.8. The summed E-state index contributed by atoms with van der Waals surface area (Å²) in [4.78, 5) is 20.3. The molecule has 1 saturated carbocycles. The Morgan fingerprint density at radius 3 is 2.41 bits per heavy atom. The molecule has 1 aromatic carbocycles. The van der Waals surface area contributed by atoms with Gasteiger partial charge in [-0.1, -0.05) is 23.2 Å². The summed E-state index contributed by atoms with van der Waals surface area (Å²) in [5.74, 6) is -1.14. The molecular weight excluding hydrogens is 534 g/mol. The van der Waals surface area contributed by atoms with Crippen molar-refractivity contribution in [2.24, 2.45) is 0 Å². The maximum Gasteiger partial charge on any atom is 0.471 e. The van der Waals surface area contributed by atoms with E-state index in [9.17, 15) is 23.1 Å². The fourth-order valence-electron chi connectivity index (χ4n) is 4.09. The number of nitrogens with one attached hydrogen (secondary N) is 3. The van der Waals surface area contributed by atoms with Gasteiger partial charge in [0, 0.05) is 51.3 Å². The zero-order valence-corrected chi connectivity index (χ0v) is 20.9. The number of rotatable bonds is 8. The first kappa shape index (κ1) is 27.0. The lowest BCUT2D eigenvalue weighted by Gasteiger charge is -2.30. The molecule has 0 saturated heterocycles. The number of hydrogen-bond donors (Lipinski definition) is 4. The first-order chi connectivity index (χ1) is 17.6. The van der Waals surface area contributed by atoms with Gasteiger partial charge in [-0.05, 0) is 43.9 Å². The van der Waals surface area contributed by atoms with Crippen LogP contribution in [0, 0.1) is 0 Å². The zero-order valence-electron chi connectivity index (χ0n) is 19.4. The number of carbonyl (C=O) groups is 1. The van der Waals surface area contributed by atoms with Crippen LogP contribution in [0.5, 0.6) is 0 Å². The maximum absolute atomic E-state index is 12.6. The summed E-state index contributed by atoms with van der Waals surface area (Å²) in [6.07, 6.45) is 1.95. The van der Waals surface area contributed by atoms with Gasteiger partial charge in [0.15, 0.2) is 0 Å². The van der Waals surface area contributed by atoms with Crippen LogP contribution in [-0.2, 0) is 11.3 Å². The Hall–Kier alpha value is -3.09. The molecule has 4 rings (SSSR count). The SMILES string of the molecule is O=C(N[C@H]1CC[C@H](Nc2nc(Nc3cc(Cl)cc(Cl)c3)ncc2-c2cnn(CCO)c2)CC1)C(F)(F)F. The molecule has 9 nitrogen and oxygen atoms in total. The van der Waals surface area contributed by atoms with Crippen molar-refractivity contribution in [1.82, 2.24) is 25.1 Å². The van der Waals surface area contributed by atoms with Crippen LogP contribution < -0.4 is 16.0 Å². The number of nitrogens with zero attached hydrogens (tertiary/aromatic N) is 4. The lowest BCUT2D eigenvalue weighted by molar-refractivity contribution is -0.174. The van der Waals surface area contributed by atoms with Crippen LogP contribution in [0.4, 0.5) is 30.6 Å². The van der Waals surface area contributed by atoms with Crippen LogP contribution in [-0.4, -0.2) is 55.6 Å². The molecule has 0 unspecified atom stereocenters. The molecule has 2 heterocycles. The van der Waals surface area contributed by atoms with Crippen LogP contribution in [0.3, 0.4) is 0 Å². The van der Waals surface area contributed by atoms with Gasteiger partial charge < -0.3 is 21.1 Å². The van der Waals surface area contributed by atoms with Crippen molar-refractivity contribution < 1.29 is 23.1 Å². The molecule has 1 amide bonds. The molecule has 1 aliphatic rings. The van der Waals surface area contributed by atoms with E-state index in [1.807, 2.05) is 0 Å². The molecule has 0 radical (unpaired) electrons. The van der Waals surface area contributed by atoms with E-state index >= 15 is 0 Å². The Kier molecular flexibility index (Phi) is 8.40. The third kappa shape index (κ3) is 7.24. The lowest BCUT2D eigenvalue weighted by Crippen LogP contribution is -2.45. The summed E-state index contributed by atoms with van der Waals surface area (Å²) >= 11 is 12.2. The summed E-state index contributed by atoms with van der Waals surface area (Å²) in [5.41, 5.74) is 1.97. The Morgan fingerprint density at radius 2 is 1.76 bits per heavy atom. The van der Waals surface area contributed by atoms with Crippen molar-refractivity contribution in [3.63, 3.8) is 0 Å². The number of carbonyl (C=O) groups excluding carboxylic acids is 1. The average molecular weight is 558 g/mol. The highest BCUT2D eigenvalue weighted by molar-refractivity contribution is 6.35. The van der Waals surface area contributed by atoms with Crippen molar-refractivity contribution in [3.05, 3.63) is 46.8 Å². The second-order valence-corrected chi connectivity index (χ2v) is 9.49. The highest BCUT2D eigenvalue weighted by atomic mass is 35.5. The maximum atomic E-state index is 12.6. The number of anilines is 3. The molecule has 37 heavy (non-hydrogen) atoms. The fraction of sp³-hybridized carbons (Fsp3) is 0.391. The van der Waals surface area contributed by atoms with Crippen LogP contribution >= 0.6 is 23.2 Å². The highest BCUT2D eigenvalue weighted by Crippen LogP contribution is 2.31. The van der Waals surface area contributed by atoms with Gasteiger partial charge in [0.1, 0.15) is 5.82 Å². The number of aliphatic hydroxyl groups excluding tert-OH is 1. The number of aliphatic hydroxyl groups is 1. The topological polar surface area (TPSA) is 117 Å². The van der Waals surface area contributed by atoms with E-state index in [2.05, 4.69) is 31.0 Å². The van der Waals surface area contributed by atoms with E-state index < -0.39 is 18.1 Å². The highest BCUT2D eigenvalue weighted by Gasteiger charge is 2.40. The Bertz CT molecular complexity index is 1230. The summed E-state index contributed by atoms with van der Waals surface area (Å²) in [7, 11) is 0. The minimum Gasteiger partial charge on any atom is -0.394 e. The van der Waals surface area contributed by atoms with Gasteiger partial charge in [-0.25, -0.2) is 4.98 Å². The smallest absolute Gasteiger partial charge is 0.394 e. The monoisotopic (exact) mass is 557 g/mol. The van der Waals surface area contributed by atoms with E-state index in [0.29, 0.717) is 59.3 Å². The van der Waals surface area contributed by atoms with E-state index in [0.717, 1.165) is 5.56 Å². The van der Waals surface area contributed by atoms with E-state index in [-0.39, 0.29) is 18.6 Å². The first-order valence-corrected chi connectivity index (χ1v) is 12.2. The lowest BCUT2D eigenvalue weighted by atomic mass is 9.91. The average Bonchev–Trinajstić information content (AvgIpc) is 3.28. The minimum absolute atomic E-state index is 0.0676. The molecule has 198 valence electrons. The normalized spacial score (nSPS) is 17.9. The number of hydrogen-bond acceptors (Lipinski definition) is 7. The van der Waals surface area contributed by atoms with Gasteiger partial charge in [-0.2, -0.15) is 23.3 Å². The molecule has 3 aromatic rings. The molecule has 2 aromatic heterocycles. The molecule has 0 bridgehead atoms. The largest absolute Gasteiger partial charge is 0.471 e. The van der Waals surface area contributed by atoms with Gasteiger partial charge >= 0.3 is 12.1 Å². The van der Waals surface area contributed by atoms with Crippen molar-refractivity contribution in [2.45, 2.75) is 50.5 Å². The summed E-state index contributed by atoms with van der Waals surface area (Å²) < 4.78 is 39.3. The van der Waals surface area contributed by atoms with Gasteiger partial charge in [-0.15, -0.1) is 0 Å². The molecule has 14 heteroatoms. The van der Waals surface area contributed by atoms with Crippen LogP contribution in [0.2, 0.25) is 10.0 Å². The van der Waals surface area contributed by atoms with Crippen LogP contribution in [0.15, 0.2) is 36.8 Å². The van der Waals surface area contributed by atoms with Gasteiger partial charge in [0.2, 0.25) is 5.95 Å². The number of alkyl halides is 3. The second-order valence-electron chi connectivity index (χ2n) is 8.62. The Balaban J connectivity index is 1.53. The van der Waals surface area contributed by atoms with Crippen molar-refractivity contribution in [2.75, 3.05) is 17.2 Å². The molecular formula is C23H24Cl2F3N7O2. The van der Waals surface area contributed by atoms with Crippen LogP contribution in [0.1, 0.15) is 25.7 Å². The molecule has 1 fully saturated rings. The van der Waals surface area contributed by atoms with E-state index in [4.69, 9.17) is 23.2 Å². The minimum atomic E-state index is -4.90. The zero-order chi connectivity index (χ0) is 26.6. The molecule has 1 aliphatic carbocycles. The Labute approximate surface area is 220 Å². The first-order valence-electron chi connectivity index (χ1n) is 11.5. The second kappa shape index (κ2) is 11.5. The number of aromatic nitrogens is 4. The third-order valence-electron chi connectivity index (χ3n) is 5.84. The van der Waals surface area contributed by atoms with E-state index in [1.165, 1.54) is 0 Å². The molecule has 0 aliphatic heterocycles. The molecule has 4 N–H and O–H groups in total. The quantitative estimate of drug-likeness (QED) is 0.314. The van der Waals surface area contributed by atoms with Crippen molar-refractivity contribution in [1.29, 1.82) is 0 Å². The molecule has 0 spiro atoms. The van der Waals surface area contributed by atoms with Crippen molar-refractivity contribution >= 4 is 46.6 Å². The number of halogens is 5. The fourth-order valence-corrected chi connectivity index (χ4v) is 4.61. The predicted octanol–water partition coefficient (Wildman–Crippen LogP) is 4.78. The Morgan fingerprint density at radius 1 is 1.08 bits per heavy atom. The third-order valence-corrected chi connectivity index (χ3v) is 6.28. The summed E-state index contributed by atoms with van der Waals surface area (Å²) in [6.45, 7) is 0.258. The van der Waals surface area contributed by atoms with Gasteiger partial charge in [-0.3, -0.25) is 9.48 Å². The van der Waals surface area contributed by atoms with Crippen LogP contribution in [0.25, 0.3) is 11.1 Å². The summed E-state index contributed by atoms with van der Waals surface area (Å²) in [6, 6.07) is 4.32. The van der Waals surface area contributed by atoms with Crippen molar-refractivity contribution in [3.8, 4) is 11.1 Å². The van der Waals surface area contributed by atoms with E-state index in [1.54, 1.807) is 41.5 Å². The predicted molar refractivity (Wildman–Crippen MR) is 134 cm³/mol. The van der Waals surface area contributed by atoms with Gasteiger partial charge in [0.25, 0.3) is 0 Å².